The average molecular weight is 354 g/mol. The third-order valence-electron chi connectivity index (χ3n) is 4.39. The van der Waals surface area contributed by atoms with Gasteiger partial charge < -0.3 is 14.2 Å². The molecule has 2 aliphatic heterocycles. The second-order valence-corrected chi connectivity index (χ2v) is 6.17. The van der Waals surface area contributed by atoms with E-state index in [2.05, 4.69) is 11.9 Å². The number of hydrogen-bond acceptors (Lipinski definition) is 6. The molecule has 7 heteroatoms. The SMILES string of the molecule is CCCC1OC(c2ccc([N+](=O)[O-])cc2)=Nc2cc3c(cc21)OCCO3. The Morgan fingerprint density at radius 3 is 2.50 bits per heavy atom. The number of benzene rings is 2. The molecular formula is C19H18N2O5. The van der Waals surface area contributed by atoms with Crippen LogP contribution in [0.3, 0.4) is 0 Å². The highest BCUT2D eigenvalue weighted by Gasteiger charge is 2.27. The summed E-state index contributed by atoms with van der Waals surface area (Å²) in [5.41, 5.74) is 2.50. The first-order valence-electron chi connectivity index (χ1n) is 8.59. The molecule has 0 bridgehead atoms. The molecule has 0 aromatic heterocycles. The minimum Gasteiger partial charge on any atom is -0.486 e. The number of aliphatic imine (C=N–C) groups is 1. The Kier molecular flexibility index (Phi) is 4.20. The minimum atomic E-state index is -0.424. The number of non-ortho nitro benzene ring substituents is 1. The lowest BCUT2D eigenvalue weighted by Gasteiger charge is -2.28. The minimum absolute atomic E-state index is 0.0373. The number of nitrogens with zero attached hydrogens (tertiary/aromatic N) is 2. The molecule has 0 amide bonds. The third kappa shape index (κ3) is 2.96. The summed E-state index contributed by atoms with van der Waals surface area (Å²) in [6.45, 7) is 3.14. The van der Waals surface area contributed by atoms with Crippen molar-refractivity contribution in [1.82, 2.24) is 0 Å². The summed E-state index contributed by atoms with van der Waals surface area (Å²) in [5, 5.41) is 10.8. The lowest BCUT2D eigenvalue weighted by molar-refractivity contribution is -0.384. The zero-order chi connectivity index (χ0) is 18.1. The molecule has 0 saturated heterocycles. The fourth-order valence-electron chi connectivity index (χ4n) is 3.12. The molecule has 0 N–H and O–H groups in total. The van der Waals surface area contributed by atoms with E-state index in [4.69, 9.17) is 14.2 Å². The second-order valence-electron chi connectivity index (χ2n) is 6.17. The largest absolute Gasteiger partial charge is 0.486 e. The molecule has 0 fully saturated rings. The molecule has 2 aromatic rings. The quantitative estimate of drug-likeness (QED) is 0.603. The summed E-state index contributed by atoms with van der Waals surface area (Å²) >= 11 is 0. The van der Waals surface area contributed by atoms with E-state index < -0.39 is 4.92 Å². The maximum atomic E-state index is 10.8. The number of nitro groups is 1. The molecule has 0 spiro atoms. The van der Waals surface area contributed by atoms with Crippen LogP contribution in [0.4, 0.5) is 11.4 Å². The zero-order valence-corrected chi connectivity index (χ0v) is 14.3. The molecule has 1 atom stereocenters. The molecule has 1 unspecified atom stereocenters. The fourth-order valence-corrected chi connectivity index (χ4v) is 3.12. The first-order chi connectivity index (χ1) is 12.7. The Labute approximate surface area is 150 Å². The van der Waals surface area contributed by atoms with Crippen molar-refractivity contribution in [3.8, 4) is 11.5 Å². The van der Waals surface area contributed by atoms with E-state index in [1.54, 1.807) is 12.1 Å². The summed E-state index contributed by atoms with van der Waals surface area (Å²) < 4.78 is 17.4. The van der Waals surface area contributed by atoms with E-state index >= 15 is 0 Å². The Hall–Kier alpha value is -3.09. The van der Waals surface area contributed by atoms with Crippen LogP contribution in [0.15, 0.2) is 41.4 Å². The van der Waals surface area contributed by atoms with Gasteiger partial charge in [-0.25, -0.2) is 4.99 Å². The predicted molar refractivity (Wildman–Crippen MR) is 95.5 cm³/mol. The highest BCUT2D eigenvalue weighted by atomic mass is 16.6. The van der Waals surface area contributed by atoms with Crippen molar-refractivity contribution in [3.05, 3.63) is 57.6 Å². The van der Waals surface area contributed by atoms with Crippen molar-refractivity contribution in [2.45, 2.75) is 25.9 Å². The Morgan fingerprint density at radius 2 is 1.85 bits per heavy atom. The number of rotatable bonds is 4. The molecule has 0 radical (unpaired) electrons. The number of hydrogen-bond donors (Lipinski definition) is 0. The molecule has 0 aliphatic carbocycles. The molecule has 2 heterocycles. The molecule has 134 valence electrons. The normalized spacial score (nSPS) is 17.7. The van der Waals surface area contributed by atoms with Gasteiger partial charge >= 0.3 is 0 Å². The van der Waals surface area contributed by atoms with E-state index in [-0.39, 0.29) is 11.8 Å². The van der Waals surface area contributed by atoms with Gasteiger partial charge in [-0.1, -0.05) is 13.3 Å². The molecule has 4 rings (SSSR count). The van der Waals surface area contributed by atoms with Crippen LogP contribution in [0.1, 0.15) is 37.0 Å². The van der Waals surface area contributed by atoms with Crippen molar-refractivity contribution in [2.75, 3.05) is 13.2 Å². The van der Waals surface area contributed by atoms with Crippen LogP contribution in [-0.2, 0) is 4.74 Å². The van der Waals surface area contributed by atoms with Crippen molar-refractivity contribution in [2.24, 2.45) is 4.99 Å². The Morgan fingerprint density at radius 1 is 1.15 bits per heavy atom. The second kappa shape index (κ2) is 6.67. The van der Waals surface area contributed by atoms with Gasteiger partial charge in [0.1, 0.15) is 19.3 Å². The highest BCUT2D eigenvalue weighted by Crippen LogP contribution is 2.44. The summed E-state index contributed by atoms with van der Waals surface area (Å²) in [6.07, 6.45) is 1.64. The third-order valence-corrected chi connectivity index (χ3v) is 4.39. The van der Waals surface area contributed by atoms with Gasteiger partial charge in [-0.05, 0) is 24.6 Å². The summed E-state index contributed by atoms with van der Waals surface area (Å²) in [4.78, 5) is 15.0. The monoisotopic (exact) mass is 354 g/mol. The van der Waals surface area contributed by atoms with E-state index in [0.717, 1.165) is 24.1 Å². The maximum absolute atomic E-state index is 10.8. The first kappa shape index (κ1) is 16.4. The molecule has 0 saturated carbocycles. The standard InChI is InChI=1S/C19H18N2O5/c1-2-3-16-14-10-17-18(25-9-8-24-17)11-15(14)20-19(26-16)12-4-6-13(7-5-12)21(22)23/h4-7,10-11,16H,2-3,8-9H2,1H3. The number of fused-ring (bicyclic) bond motifs is 2. The number of nitro benzene ring substituents is 1. The van der Waals surface area contributed by atoms with Crippen LogP contribution in [0.5, 0.6) is 11.5 Å². The Bertz CT molecular complexity index is 876. The van der Waals surface area contributed by atoms with Crippen LogP contribution in [0.2, 0.25) is 0 Å². The van der Waals surface area contributed by atoms with Crippen molar-refractivity contribution in [3.63, 3.8) is 0 Å². The lowest BCUT2D eigenvalue weighted by Crippen LogP contribution is -2.19. The van der Waals surface area contributed by atoms with Crippen molar-refractivity contribution < 1.29 is 19.1 Å². The first-order valence-corrected chi connectivity index (χ1v) is 8.59. The van der Waals surface area contributed by atoms with Crippen LogP contribution in [-0.4, -0.2) is 24.0 Å². The van der Waals surface area contributed by atoms with E-state index in [9.17, 15) is 10.1 Å². The fraction of sp³-hybridized carbons (Fsp3) is 0.316. The van der Waals surface area contributed by atoms with Crippen LogP contribution in [0.25, 0.3) is 0 Å². The summed E-state index contributed by atoms with van der Waals surface area (Å²) in [7, 11) is 0. The van der Waals surface area contributed by atoms with Crippen molar-refractivity contribution in [1.29, 1.82) is 0 Å². The molecular weight excluding hydrogens is 336 g/mol. The van der Waals surface area contributed by atoms with Crippen LogP contribution in [0, 0.1) is 10.1 Å². The smallest absolute Gasteiger partial charge is 0.269 e. The molecule has 2 aliphatic rings. The van der Waals surface area contributed by atoms with E-state index in [1.807, 2.05) is 12.1 Å². The molecule has 2 aromatic carbocycles. The lowest BCUT2D eigenvalue weighted by atomic mass is 10.0. The highest BCUT2D eigenvalue weighted by molar-refractivity contribution is 5.97. The van der Waals surface area contributed by atoms with Crippen molar-refractivity contribution >= 4 is 17.3 Å². The average Bonchev–Trinajstić information content (AvgIpc) is 2.66. The topological polar surface area (TPSA) is 83.2 Å². The van der Waals surface area contributed by atoms with Gasteiger partial charge in [0, 0.05) is 29.3 Å². The van der Waals surface area contributed by atoms with Gasteiger partial charge in [-0.2, -0.15) is 0 Å². The zero-order valence-electron chi connectivity index (χ0n) is 14.3. The van der Waals surface area contributed by atoms with E-state index in [0.29, 0.717) is 36.2 Å². The van der Waals surface area contributed by atoms with Gasteiger partial charge in [-0.15, -0.1) is 0 Å². The molecule has 26 heavy (non-hydrogen) atoms. The predicted octanol–water partition coefficient (Wildman–Crippen LogP) is 4.32. The molecule has 7 nitrogen and oxygen atoms in total. The van der Waals surface area contributed by atoms with Crippen LogP contribution >= 0.6 is 0 Å². The number of ether oxygens (including phenoxy) is 3. The van der Waals surface area contributed by atoms with Gasteiger partial charge in [0.05, 0.1) is 10.6 Å². The van der Waals surface area contributed by atoms with E-state index in [1.165, 1.54) is 12.1 Å². The summed E-state index contributed by atoms with van der Waals surface area (Å²) in [6, 6.07) is 10.0. The van der Waals surface area contributed by atoms with Crippen LogP contribution < -0.4 is 9.47 Å². The van der Waals surface area contributed by atoms with Gasteiger partial charge in [0.15, 0.2) is 11.5 Å². The Balaban J connectivity index is 1.75. The summed E-state index contributed by atoms with van der Waals surface area (Å²) in [5.74, 6) is 1.86. The van der Waals surface area contributed by atoms with Gasteiger partial charge in [0.2, 0.25) is 5.90 Å². The van der Waals surface area contributed by atoms with Gasteiger partial charge in [-0.3, -0.25) is 10.1 Å². The maximum Gasteiger partial charge on any atom is 0.269 e. The van der Waals surface area contributed by atoms with Gasteiger partial charge in [0.25, 0.3) is 5.69 Å².